The Labute approximate surface area is 123 Å². The number of rotatable bonds is 5. The molecule has 0 fully saturated rings. The molecule has 0 saturated heterocycles. The van der Waals surface area contributed by atoms with Gasteiger partial charge in [0.1, 0.15) is 11.9 Å². The quantitative estimate of drug-likeness (QED) is 0.827. The minimum absolute atomic E-state index is 0.0615. The van der Waals surface area contributed by atoms with E-state index in [1.165, 1.54) is 0 Å². The van der Waals surface area contributed by atoms with Crippen LogP contribution in [0.1, 0.15) is 26.3 Å². The molecule has 0 spiro atoms. The van der Waals surface area contributed by atoms with E-state index in [4.69, 9.17) is 9.47 Å². The number of Topliss-reactive ketones (excluding diaryl/α,β-unsaturated/α-hetero) is 1. The zero-order valence-corrected chi connectivity index (χ0v) is 13.7. The van der Waals surface area contributed by atoms with Crippen LogP contribution in [0.2, 0.25) is 0 Å². The van der Waals surface area contributed by atoms with Crippen LogP contribution in [0.15, 0.2) is 22.7 Å². The Kier molecular flexibility index (Phi) is 5.56. The van der Waals surface area contributed by atoms with E-state index in [1.54, 1.807) is 14.2 Å². The van der Waals surface area contributed by atoms with Crippen LogP contribution in [0.5, 0.6) is 5.75 Å². The van der Waals surface area contributed by atoms with E-state index in [9.17, 15) is 4.79 Å². The fourth-order valence-electron chi connectivity index (χ4n) is 2.13. The number of methoxy groups -OCH3 is 2. The Hall–Kier alpha value is -0.870. The smallest absolute Gasteiger partial charge is 0.166 e. The van der Waals surface area contributed by atoms with Crippen molar-refractivity contribution in [3.8, 4) is 5.75 Å². The summed E-state index contributed by atoms with van der Waals surface area (Å²) in [7, 11) is 3.18. The summed E-state index contributed by atoms with van der Waals surface area (Å²) in [6, 6.07) is 5.65. The number of hydrogen-bond donors (Lipinski definition) is 0. The number of benzene rings is 1. The number of halogens is 1. The molecule has 0 amide bonds. The summed E-state index contributed by atoms with van der Waals surface area (Å²) in [4.78, 5) is 12.4. The first-order chi connectivity index (χ1) is 8.79. The maximum Gasteiger partial charge on any atom is 0.166 e. The van der Waals surface area contributed by atoms with Gasteiger partial charge in [-0.2, -0.15) is 0 Å². The molecule has 0 saturated carbocycles. The third-order valence-corrected chi connectivity index (χ3v) is 3.42. The molecule has 0 heterocycles. The number of carbonyl (C=O) groups excluding carboxylic acids is 1. The van der Waals surface area contributed by atoms with E-state index in [1.807, 2.05) is 39.0 Å². The van der Waals surface area contributed by atoms with Gasteiger partial charge < -0.3 is 9.47 Å². The normalized spacial score (nSPS) is 13.2. The van der Waals surface area contributed by atoms with Crippen LogP contribution >= 0.6 is 15.9 Å². The predicted octanol–water partition coefficient (Wildman–Crippen LogP) is 3.63. The van der Waals surface area contributed by atoms with Crippen molar-refractivity contribution in [1.82, 2.24) is 0 Å². The van der Waals surface area contributed by atoms with Gasteiger partial charge in [0.05, 0.1) is 7.11 Å². The average Bonchev–Trinajstić information content (AvgIpc) is 2.28. The van der Waals surface area contributed by atoms with Crippen molar-refractivity contribution in [1.29, 1.82) is 0 Å². The lowest BCUT2D eigenvalue weighted by molar-refractivity contribution is -0.134. The lowest BCUT2D eigenvalue weighted by atomic mass is 9.84. The van der Waals surface area contributed by atoms with Crippen molar-refractivity contribution < 1.29 is 14.3 Å². The van der Waals surface area contributed by atoms with Crippen molar-refractivity contribution in [2.75, 3.05) is 14.2 Å². The summed E-state index contributed by atoms with van der Waals surface area (Å²) in [6.45, 7) is 5.99. The summed E-state index contributed by atoms with van der Waals surface area (Å²) >= 11 is 3.41. The van der Waals surface area contributed by atoms with E-state index in [-0.39, 0.29) is 11.2 Å². The van der Waals surface area contributed by atoms with Crippen molar-refractivity contribution >= 4 is 21.7 Å². The minimum Gasteiger partial charge on any atom is -0.496 e. The highest BCUT2D eigenvalue weighted by molar-refractivity contribution is 9.10. The van der Waals surface area contributed by atoms with Gasteiger partial charge in [-0.3, -0.25) is 4.79 Å². The molecule has 1 aromatic carbocycles. The van der Waals surface area contributed by atoms with E-state index in [2.05, 4.69) is 15.9 Å². The molecule has 0 aromatic heterocycles. The third kappa shape index (κ3) is 4.32. The first kappa shape index (κ1) is 16.2. The Bertz CT molecular complexity index is 449. The Morgan fingerprint density at radius 3 is 2.42 bits per heavy atom. The molecular formula is C15H21BrO3. The number of hydrogen-bond acceptors (Lipinski definition) is 3. The van der Waals surface area contributed by atoms with Crippen molar-refractivity contribution in [2.45, 2.75) is 33.3 Å². The summed E-state index contributed by atoms with van der Waals surface area (Å²) in [5.74, 6) is 0.784. The Balaban J connectivity index is 2.96. The van der Waals surface area contributed by atoms with Crippen molar-refractivity contribution in [2.24, 2.45) is 5.41 Å². The number of carbonyl (C=O) groups is 1. The van der Waals surface area contributed by atoms with Gasteiger partial charge in [-0.15, -0.1) is 0 Å². The molecule has 0 aliphatic rings. The van der Waals surface area contributed by atoms with E-state index >= 15 is 0 Å². The van der Waals surface area contributed by atoms with Gasteiger partial charge in [0.15, 0.2) is 5.78 Å². The number of ether oxygens (including phenoxy) is 2. The molecule has 0 bridgehead atoms. The Morgan fingerprint density at radius 2 is 1.95 bits per heavy atom. The summed E-state index contributed by atoms with van der Waals surface area (Å²) in [5, 5.41) is 0. The van der Waals surface area contributed by atoms with Gasteiger partial charge in [0, 0.05) is 23.6 Å². The van der Waals surface area contributed by atoms with Gasteiger partial charge in [-0.25, -0.2) is 0 Å². The Morgan fingerprint density at radius 1 is 1.32 bits per heavy atom. The second kappa shape index (κ2) is 6.53. The first-order valence-electron chi connectivity index (χ1n) is 6.17. The van der Waals surface area contributed by atoms with Gasteiger partial charge in [-0.05, 0) is 23.6 Å². The molecule has 0 N–H and O–H groups in total. The van der Waals surface area contributed by atoms with Crippen LogP contribution < -0.4 is 4.74 Å². The second-order valence-corrected chi connectivity index (χ2v) is 6.50. The molecule has 0 radical (unpaired) electrons. The van der Waals surface area contributed by atoms with Crippen LogP contribution in [0.3, 0.4) is 0 Å². The maximum atomic E-state index is 12.4. The van der Waals surface area contributed by atoms with Crippen molar-refractivity contribution in [3.05, 3.63) is 28.2 Å². The van der Waals surface area contributed by atoms with Crippen LogP contribution in [-0.4, -0.2) is 26.1 Å². The molecule has 4 heteroatoms. The second-order valence-electron chi connectivity index (χ2n) is 5.58. The number of ketones is 1. The molecule has 0 aliphatic heterocycles. The zero-order chi connectivity index (χ0) is 14.6. The van der Waals surface area contributed by atoms with E-state index in [0.717, 1.165) is 15.8 Å². The van der Waals surface area contributed by atoms with Crippen LogP contribution in [0.25, 0.3) is 0 Å². The SMILES string of the molecule is COc1ccc(Br)cc1CC(=O)C(OC)C(C)(C)C. The first-order valence-corrected chi connectivity index (χ1v) is 6.96. The fourth-order valence-corrected chi connectivity index (χ4v) is 2.54. The van der Waals surface area contributed by atoms with Crippen LogP contribution in [-0.2, 0) is 16.0 Å². The molecule has 3 nitrogen and oxygen atoms in total. The summed E-state index contributed by atoms with van der Waals surface area (Å²) in [6.07, 6.45) is -0.116. The maximum absolute atomic E-state index is 12.4. The topological polar surface area (TPSA) is 35.5 Å². The molecular weight excluding hydrogens is 308 g/mol. The van der Waals surface area contributed by atoms with Crippen molar-refractivity contribution in [3.63, 3.8) is 0 Å². The standard InChI is InChI=1S/C15H21BrO3/c1-15(2,3)14(19-5)12(17)9-10-8-11(16)6-7-13(10)18-4/h6-8,14H,9H2,1-5H3. The molecule has 1 unspecified atom stereocenters. The lowest BCUT2D eigenvalue weighted by Gasteiger charge is -2.28. The van der Waals surface area contributed by atoms with Gasteiger partial charge in [0.25, 0.3) is 0 Å². The van der Waals surface area contributed by atoms with Crippen LogP contribution in [0.4, 0.5) is 0 Å². The van der Waals surface area contributed by atoms with E-state index in [0.29, 0.717) is 6.42 Å². The van der Waals surface area contributed by atoms with Gasteiger partial charge in [-0.1, -0.05) is 36.7 Å². The monoisotopic (exact) mass is 328 g/mol. The lowest BCUT2D eigenvalue weighted by Crippen LogP contribution is -2.37. The van der Waals surface area contributed by atoms with E-state index < -0.39 is 6.10 Å². The molecule has 0 aliphatic carbocycles. The molecule has 1 aromatic rings. The predicted molar refractivity (Wildman–Crippen MR) is 79.7 cm³/mol. The summed E-state index contributed by atoms with van der Waals surface area (Å²) in [5.41, 5.74) is 0.651. The van der Waals surface area contributed by atoms with Crippen LogP contribution in [0, 0.1) is 5.41 Å². The van der Waals surface area contributed by atoms with Gasteiger partial charge in [0.2, 0.25) is 0 Å². The minimum atomic E-state index is -0.420. The average molecular weight is 329 g/mol. The highest BCUT2D eigenvalue weighted by Gasteiger charge is 2.31. The third-order valence-electron chi connectivity index (χ3n) is 2.92. The zero-order valence-electron chi connectivity index (χ0n) is 12.1. The van der Waals surface area contributed by atoms with Gasteiger partial charge >= 0.3 is 0 Å². The largest absolute Gasteiger partial charge is 0.496 e. The molecule has 106 valence electrons. The molecule has 1 rings (SSSR count). The fraction of sp³-hybridized carbons (Fsp3) is 0.533. The molecule has 19 heavy (non-hydrogen) atoms. The molecule has 1 atom stereocenters. The highest BCUT2D eigenvalue weighted by Crippen LogP contribution is 2.27. The highest BCUT2D eigenvalue weighted by atomic mass is 79.9. The summed E-state index contributed by atoms with van der Waals surface area (Å²) < 4.78 is 11.6.